The average Bonchev–Trinajstić information content (AvgIpc) is 2.52. The van der Waals surface area contributed by atoms with Gasteiger partial charge in [-0.2, -0.15) is 13.2 Å². The molecule has 3 rings (SSSR count). The van der Waals surface area contributed by atoms with Crippen molar-refractivity contribution >= 4 is 32.6 Å². The van der Waals surface area contributed by atoms with Gasteiger partial charge in [-0.3, -0.25) is 0 Å². The molecule has 0 saturated carbocycles. The molecule has 0 bridgehead atoms. The summed E-state index contributed by atoms with van der Waals surface area (Å²) >= 11 is 3.34. The normalized spacial score (nSPS) is 11.7. The number of hydrogen-bond acceptors (Lipinski definition) is 3. The molecule has 1 aromatic heterocycles. The van der Waals surface area contributed by atoms with E-state index in [9.17, 15) is 18.0 Å². The minimum absolute atomic E-state index is 0.101. The molecule has 1 N–H and O–H groups in total. The summed E-state index contributed by atoms with van der Waals surface area (Å²) in [5.74, 6) is 0. The highest BCUT2D eigenvalue weighted by molar-refractivity contribution is 9.10. The quantitative estimate of drug-likeness (QED) is 0.618. The molecule has 3 nitrogen and oxygen atoms in total. The highest BCUT2D eigenvalue weighted by atomic mass is 79.9. The summed E-state index contributed by atoms with van der Waals surface area (Å²) in [6.45, 7) is 0.488. The average molecular weight is 398 g/mol. The summed E-state index contributed by atoms with van der Waals surface area (Å²) in [4.78, 5) is 11.4. The van der Waals surface area contributed by atoms with Crippen molar-refractivity contribution in [3.8, 4) is 0 Å². The maximum Gasteiger partial charge on any atom is 0.417 e. The zero-order chi connectivity index (χ0) is 17.3. The van der Waals surface area contributed by atoms with Crippen LogP contribution in [0.25, 0.3) is 11.0 Å². The van der Waals surface area contributed by atoms with Crippen molar-refractivity contribution in [1.82, 2.24) is 0 Å². The van der Waals surface area contributed by atoms with E-state index in [1.54, 1.807) is 0 Å². The molecule has 0 spiro atoms. The Kier molecular flexibility index (Phi) is 4.36. The van der Waals surface area contributed by atoms with E-state index in [-0.39, 0.29) is 11.0 Å². The van der Waals surface area contributed by atoms with Crippen molar-refractivity contribution in [3.63, 3.8) is 0 Å². The van der Waals surface area contributed by atoms with E-state index in [1.165, 1.54) is 18.2 Å². The molecule has 0 amide bonds. The Bertz CT molecular complexity index is 933. The van der Waals surface area contributed by atoms with E-state index in [2.05, 4.69) is 21.2 Å². The van der Waals surface area contributed by atoms with Crippen LogP contribution in [0.4, 0.5) is 18.9 Å². The highest BCUT2D eigenvalue weighted by Crippen LogP contribution is 2.34. The standard InChI is InChI=1S/C17H11BrF3NO2/c18-11-3-1-10(2-4-11)9-22-12-5-6-13-14(17(19,20)21)8-16(23)24-15(13)7-12/h1-8,22H,9H2. The van der Waals surface area contributed by atoms with Gasteiger partial charge in [0.1, 0.15) is 5.58 Å². The highest BCUT2D eigenvalue weighted by Gasteiger charge is 2.33. The van der Waals surface area contributed by atoms with Crippen molar-refractivity contribution in [2.45, 2.75) is 12.7 Å². The van der Waals surface area contributed by atoms with Crippen molar-refractivity contribution in [2.24, 2.45) is 0 Å². The zero-order valence-electron chi connectivity index (χ0n) is 12.2. The molecule has 124 valence electrons. The molecule has 0 fully saturated rings. The Morgan fingerprint density at radius 2 is 1.75 bits per heavy atom. The smallest absolute Gasteiger partial charge is 0.417 e. The zero-order valence-corrected chi connectivity index (χ0v) is 13.7. The van der Waals surface area contributed by atoms with Gasteiger partial charge in [0.2, 0.25) is 0 Å². The molecule has 0 saturated heterocycles. The minimum Gasteiger partial charge on any atom is -0.423 e. The van der Waals surface area contributed by atoms with E-state index in [1.807, 2.05) is 24.3 Å². The van der Waals surface area contributed by atoms with Gasteiger partial charge < -0.3 is 9.73 Å². The second kappa shape index (κ2) is 6.32. The fraction of sp³-hybridized carbons (Fsp3) is 0.118. The maximum atomic E-state index is 13.0. The van der Waals surface area contributed by atoms with Gasteiger partial charge in [0.05, 0.1) is 5.56 Å². The van der Waals surface area contributed by atoms with Crippen LogP contribution >= 0.6 is 15.9 Å². The van der Waals surface area contributed by atoms with Gasteiger partial charge >= 0.3 is 11.8 Å². The number of hydrogen-bond donors (Lipinski definition) is 1. The van der Waals surface area contributed by atoms with E-state index in [4.69, 9.17) is 4.42 Å². The van der Waals surface area contributed by atoms with Crippen LogP contribution in [0.2, 0.25) is 0 Å². The van der Waals surface area contributed by atoms with Gasteiger partial charge in [0.25, 0.3) is 0 Å². The second-order valence-electron chi connectivity index (χ2n) is 5.17. The molecule has 0 aliphatic heterocycles. The lowest BCUT2D eigenvalue weighted by molar-refractivity contribution is -0.136. The minimum atomic E-state index is -4.61. The summed E-state index contributed by atoms with van der Waals surface area (Å²) in [6, 6.07) is 12.3. The lowest BCUT2D eigenvalue weighted by Crippen LogP contribution is -2.11. The number of rotatable bonds is 3. The van der Waals surface area contributed by atoms with Crippen LogP contribution in [0.1, 0.15) is 11.1 Å². The lowest BCUT2D eigenvalue weighted by atomic mass is 10.1. The van der Waals surface area contributed by atoms with Gasteiger partial charge in [-0.25, -0.2) is 4.79 Å². The molecule has 2 aromatic carbocycles. The number of benzene rings is 2. The maximum absolute atomic E-state index is 13.0. The van der Waals surface area contributed by atoms with Crippen LogP contribution < -0.4 is 10.9 Å². The largest absolute Gasteiger partial charge is 0.423 e. The van der Waals surface area contributed by atoms with Crippen molar-refractivity contribution in [3.05, 3.63) is 74.6 Å². The van der Waals surface area contributed by atoms with E-state index in [0.717, 1.165) is 10.0 Å². The summed E-state index contributed by atoms with van der Waals surface area (Å²) in [6.07, 6.45) is -4.61. The molecule has 24 heavy (non-hydrogen) atoms. The monoisotopic (exact) mass is 397 g/mol. The Morgan fingerprint density at radius 1 is 1.04 bits per heavy atom. The molecule has 3 aromatic rings. The van der Waals surface area contributed by atoms with Crippen molar-refractivity contribution < 1.29 is 17.6 Å². The third-order valence-corrected chi connectivity index (χ3v) is 3.99. The van der Waals surface area contributed by atoms with E-state index in [0.29, 0.717) is 18.3 Å². The van der Waals surface area contributed by atoms with Crippen LogP contribution in [-0.4, -0.2) is 0 Å². The number of nitrogens with one attached hydrogen (secondary N) is 1. The van der Waals surface area contributed by atoms with Gasteiger partial charge in [-0.1, -0.05) is 28.1 Å². The first-order chi connectivity index (χ1) is 11.3. The molecule has 0 atom stereocenters. The Labute approximate surface area is 143 Å². The second-order valence-corrected chi connectivity index (χ2v) is 6.08. The first kappa shape index (κ1) is 16.6. The van der Waals surface area contributed by atoms with Gasteiger partial charge in [0, 0.05) is 34.2 Å². The van der Waals surface area contributed by atoms with Gasteiger partial charge in [0.15, 0.2) is 0 Å². The number of anilines is 1. The summed E-state index contributed by atoms with van der Waals surface area (Å²) < 4.78 is 44.9. The molecule has 0 radical (unpaired) electrons. The van der Waals surface area contributed by atoms with E-state index < -0.39 is 17.4 Å². The van der Waals surface area contributed by atoms with E-state index >= 15 is 0 Å². The third kappa shape index (κ3) is 3.62. The number of halogens is 4. The molecule has 0 unspecified atom stereocenters. The van der Waals surface area contributed by atoms with Crippen molar-refractivity contribution in [2.75, 3.05) is 5.32 Å². The molecular weight excluding hydrogens is 387 g/mol. The molecule has 0 aliphatic carbocycles. The lowest BCUT2D eigenvalue weighted by Gasteiger charge is -2.11. The SMILES string of the molecule is O=c1cc(C(F)(F)F)c2ccc(NCc3ccc(Br)cc3)cc2o1. The Balaban J connectivity index is 1.91. The Morgan fingerprint density at radius 3 is 2.42 bits per heavy atom. The van der Waals surface area contributed by atoms with Crippen LogP contribution in [-0.2, 0) is 12.7 Å². The van der Waals surface area contributed by atoms with Gasteiger partial charge in [-0.05, 0) is 29.8 Å². The first-order valence-corrected chi connectivity index (χ1v) is 7.76. The predicted octanol–water partition coefficient (Wildman–Crippen LogP) is 5.19. The predicted molar refractivity (Wildman–Crippen MR) is 89.0 cm³/mol. The summed E-state index contributed by atoms with van der Waals surface area (Å²) in [7, 11) is 0. The van der Waals surface area contributed by atoms with Crippen LogP contribution in [0.3, 0.4) is 0 Å². The molecule has 1 heterocycles. The first-order valence-electron chi connectivity index (χ1n) is 6.96. The molecule has 7 heteroatoms. The Hall–Kier alpha value is -2.28. The topological polar surface area (TPSA) is 42.2 Å². The van der Waals surface area contributed by atoms with Gasteiger partial charge in [-0.15, -0.1) is 0 Å². The fourth-order valence-corrected chi connectivity index (χ4v) is 2.58. The number of fused-ring (bicyclic) bond motifs is 1. The van der Waals surface area contributed by atoms with Crippen LogP contribution in [0.15, 0.2) is 62.2 Å². The third-order valence-electron chi connectivity index (χ3n) is 3.46. The fourth-order valence-electron chi connectivity index (χ4n) is 2.31. The van der Waals surface area contributed by atoms with Crippen LogP contribution in [0.5, 0.6) is 0 Å². The van der Waals surface area contributed by atoms with Crippen LogP contribution in [0, 0.1) is 0 Å². The molecule has 0 aliphatic rings. The van der Waals surface area contributed by atoms with Crippen molar-refractivity contribution in [1.29, 1.82) is 0 Å². The summed E-state index contributed by atoms with van der Waals surface area (Å²) in [5, 5.41) is 2.95. The summed E-state index contributed by atoms with van der Waals surface area (Å²) in [5.41, 5.74) is -0.555. The number of alkyl halides is 3. The molecular formula is C17H11BrF3NO2.